The van der Waals surface area contributed by atoms with Crippen LogP contribution in [0.1, 0.15) is 31.9 Å². The van der Waals surface area contributed by atoms with Gasteiger partial charge in [-0.3, -0.25) is 4.79 Å². The lowest BCUT2D eigenvalue weighted by Gasteiger charge is -2.24. The molecule has 0 N–H and O–H groups in total. The third kappa shape index (κ3) is 3.68. The molecule has 22 heavy (non-hydrogen) atoms. The molecule has 1 aromatic heterocycles. The second kappa shape index (κ2) is 6.66. The van der Waals surface area contributed by atoms with Crippen LogP contribution in [0.15, 0.2) is 36.9 Å². The number of aryl methyl sites for hydroxylation is 1. The van der Waals surface area contributed by atoms with Crippen molar-refractivity contribution in [1.29, 1.82) is 0 Å². The largest absolute Gasteiger partial charge is 0.368 e. The fourth-order valence-corrected chi connectivity index (χ4v) is 2.12. The lowest BCUT2D eigenvalue weighted by molar-refractivity contribution is -0.133. The minimum atomic E-state index is -0.919. The Morgan fingerprint density at radius 2 is 2.00 bits per heavy atom. The van der Waals surface area contributed by atoms with Crippen molar-refractivity contribution in [3.8, 4) is 0 Å². The number of Topliss-reactive ketones (excluding diaryl/α,β-unsaturated/α-hetero) is 1. The van der Waals surface area contributed by atoms with Crippen molar-refractivity contribution in [3.63, 3.8) is 0 Å². The Morgan fingerprint density at radius 3 is 2.55 bits per heavy atom. The second-order valence-electron chi connectivity index (χ2n) is 5.55. The van der Waals surface area contributed by atoms with Gasteiger partial charge >= 0.3 is 0 Å². The summed E-state index contributed by atoms with van der Waals surface area (Å²) in [6.07, 6.45) is 4.72. The van der Waals surface area contributed by atoms with Gasteiger partial charge in [0, 0.05) is 6.61 Å². The van der Waals surface area contributed by atoms with Gasteiger partial charge in [-0.05, 0) is 39.3 Å². The minimum Gasteiger partial charge on any atom is -0.368 e. The van der Waals surface area contributed by atoms with Gasteiger partial charge in [-0.15, -0.1) is 0 Å². The zero-order valence-corrected chi connectivity index (χ0v) is 13.4. The zero-order chi connectivity index (χ0) is 16.2. The summed E-state index contributed by atoms with van der Waals surface area (Å²) in [5.41, 5.74) is 1.61. The summed E-state index contributed by atoms with van der Waals surface area (Å²) in [5, 5.41) is 4.09. The van der Waals surface area contributed by atoms with Crippen molar-refractivity contribution in [2.75, 3.05) is 6.61 Å². The van der Waals surface area contributed by atoms with E-state index in [1.807, 2.05) is 38.1 Å². The number of aromatic nitrogens is 3. The van der Waals surface area contributed by atoms with Crippen molar-refractivity contribution >= 4 is 17.6 Å². The van der Waals surface area contributed by atoms with Crippen LogP contribution in [0.2, 0.25) is 0 Å². The molecule has 0 saturated heterocycles. The second-order valence-corrected chi connectivity index (χ2v) is 5.55. The highest BCUT2D eigenvalue weighted by Gasteiger charge is 2.32. The maximum absolute atomic E-state index is 12.8. The molecule has 116 valence electrons. The molecule has 0 saturated carbocycles. The predicted molar refractivity (Wildman–Crippen MR) is 86.1 cm³/mol. The summed E-state index contributed by atoms with van der Waals surface area (Å²) < 4.78 is 7.05. The molecule has 2 rings (SSSR count). The van der Waals surface area contributed by atoms with E-state index < -0.39 is 5.60 Å². The number of ketones is 1. The molecule has 2 aromatic rings. The number of carbonyl (C=O) groups is 1. The van der Waals surface area contributed by atoms with Crippen LogP contribution in [0.5, 0.6) is 0 Å². The number of hydrogen-bond acceptors (Lipinski definition) is 4. The Labute approximate surface area is 130 Å². The van der Waals surface area contributed by atoms with Crippen molar-refractivity contribution in [2.45, 2.75) is 33.3 Å². The van der Waals surface area contributed by atoms with Gasteiger partial charge in [-0.1, -0.05) is 29.8 Å². The molecule has 0 aliphatic carbocycles. The lowest BCUT2D eigenvalue weighted by atomic mass is 9.99. The highest BCUT2D eigenvalue weighted by Crippen LogP contribution is 2.21. The van der Waals surface area contributed by atoms with Gasteiger partial charge < -0.3 is 4.74 Å². The fourth-order valence-electron chi connectivity index (χ4n) is 2.12. The topological polar surface area (TPSA) is 57.0 Å². The van der Waals surface area contributed by atoms with Gasteiger partial charge in [0.15, 0.2) is 0 Å². The molecule has 0 aliphatic heterocycles. The van der Waals surface area contributed by atoms with E-state index in [1.54, 1.807) is 19.9 Å². The molecule has 0 unspecified atom stereocenters. The number of rotatable bonds is 6. The van der Waals surface area contributed by atoms with E-state index >= 15 is 0 Å². The monoisotopic (exact) mass is 299 g/mol. The molecular weight excluding hydrogens is 278 g/mol. The van der Waals surface area contributed by atoms with E-state index in [4.69, 9.17) is 4.74 Å². The van der Waals surface area contributed by atoms with Gasteiger partial charge in [-0.2, -0.15) is 5.10 Å². The van der Waals surface area contributed by atoms with E-state index in [2.05, 4.69) is 10.1 Å². The molecule has 5 heteroatoms. The number of carbonyl (C=O) groups excluding carboxylic acids is 1. The minimum absolute atomic E-state index is 0.138. The van der Waals surface area contributed by atoms with Crippen LogP contribution >= 0.6 is 0 Å². The lowest BCUT2D eigenvalue weighted by Crippen LogP contribution is -2.37. The maximum Gasteiger partial charge on any atom is 0.212 e. The summed E-state index contributed by atoms with van der Waals surface area (Å²) in [5.74, 6) is -0.138. The van der Waals surface area contributed by atoms with Gasteiger partial charge in [0.25, 0.3) is 0 Å². The van der Waals surface area contributed by atoms with E-state index in [0.29, 0.717) is 12.3 Å². The number of hydrogen-bond donors (Lipinski definition) is 0. The number of benzene rings is 1. The van der Waals surface area contributed by atoms with E-state index in [0.717, 1.165) is 5.56 Å². The van der Waals surface area contributed by atoms with E-state index in [9.17, 15) is 4.79 Å². The van der Waals surface area contributed by atoms with Crippen molar-refractivity contribution in [3.05, 3.63) is 48.0 Å². The SMILES string of the molecule is CCOC(C)(C)C(=O)C(=Cc1ccc(C)cc1)n1cncn1. The summed E-state index contributed by atoms with van der Waals surface area (Å²) in [7, 11) is 0. The molecule has 0 fully saturated rings. The first-order valence-corrected chi connectivity index (χ1v) is 7.26. The molecule has 0 aliphatic rings. The first kappa shape index (κ1) is 16.1. The molecular formula is C17H21N3O2. The Bertz CT molecular complexity index is 656. The van der Waals surface area contributed by atoms with Gasteiger partial charge in [-0.25, -0.2) is 9.67 Å². The smallest absolute Gasteiger partial charge is 0.212 e. The third-order valence-corrected chi connectivity index (χ3v) is 3.33. The predicted octanol–water partition coefficient (Wildman–Crippen LogP) is 2.97. The Hall–Kier alpha value is -2.27. The molecule has 5 nitrogen and oxygen atoms in total. The van der Waals surface area contributed by atoms with Crippen LogP contribution in [0.4, 0.5) is 0 Å². The quantitative estimate of drug-likeness (QED) is 0.769. The zero-order valence-electron chi connectivity index (χ0n) is 13.4. The number of nitrogens with zero attached hydrogens (tertiary/aromatic N) is 3. The van der Waals surface area contributed by atoms with Crippen LogP contribution < -0.4 is 0 Å². The van der Waals surface area contributed by atoms with Crippen LogP contribution in [-0.4, -0.2) is 32.8 Å². The molecule has 0 radical (unpaired) electrons. The van der Waals surface area contributed by atoms with Gasteiger partial charge in [0.2, 0.25) is 5.78 Å². The number of ether oxygens (including phenoxy) is 1. The van der Waals surface area contributed by atoms with Gasteiger partial charge in [0.1, 0.15) is 24.0 Å². The highest BCUT2D eigenvalue weighted by atomic mass is 16.5. The molecule has 0 spiro atoms. The molecule has 0 bridgehead atoms. The van der Waals surface area contributed by atoms with Crippen molar-refractivity contribution in [2.24, 2.45) is 0 Å². The molecule has 0 atom stereocenters. The van der Waals surface area contributed by atoms with E-state index in [-0.39, 0.29) is 5.78 Å². The van der Waals surface area contributed by atoms with Crippen molar-refractivity contribution in [1.82, 2.24) is 14.8 Å². The van der Waals surface area contributed by atoms with Crippen LogP contribution in [0.25, 0.3) is 11.8 Å². The Balaban J connectivity index is 2.44. The summed E-state index contributed by atoms with van der Waals surface area (Å²) in [6.45, 7) is 7.88. The summed E-state index contributed by atoms with van der Waals surface area (Å²) >= 11 is 0. The first-order chi connectivity index (χ1) is 10.4. The van der Waals surface area contributed by atoms with Gasteiger partial charge in [0.05, 0.1) is 0 Å². The Morgan fingerprint density at radius 1 is 1.32 bits per heavy atom. The maximum atomic E-state index is 12.8. The standard InChI is InChI=1S/C17H21N3O2/c1-5-22-17(3,4)16(21)15(20-12-18-11-19-20)10-14-8-6-13(2)7-9-14/h6-12H,5H2,1-4H3. The average Bonchev–Trinajstić information content (AvgIpc) is 3.00. The first-order valence-electron chi connectivity index (χ1n) is 7.26. The normalized spacial score (nSPS) is 12.5. The Kier molecular flexibility index (Phi) is 4.88. The molecule has 1 heterocycles. The molecule has 0 amide bonds. The van der Waals surface area contributed by atoms with Crippen LogP contribution in [-0.2, 0) is 9.53 Å². The van der Waals surface area contributed by atoms with Crippen molar-refractivity contribution < 1.29 is 9.53 Å². The summed E-state index contributed by atoms with van der Waals surface area (Å²) in [4.78, 5) is 16.8. The van der Waals surface area contributed by atoms with E-state index in [1.165, 1.54) is 22.9 Å². The highest BCUT2D eigenvalue weighted by molar-refractivity contribution is 6.23. The van der Waals surface area contributed by atoms with Crippen LogP contribution in [0.3, 0.4) is 0 Å². The summed E-state index contributed by atoms with van der Waals surface area (Å²) in [6, 6.07) is 7.94. The fraction of sp³-hybridized carbons (Fsp3) is 0.353. The third-order valence-electron chi connectivity index (χ3n) is 3.33. The average molecular weight is 299 g/mol. The van der Waals surface area contributed by atoms with Crippen LogP contribution in [0, 0.1) is 6.92 Å². The molecule has 1 aromatic carbocycles.